The first-order valence-corrected chi connectivity index (χ1v) is 9.94. The lowest BCUT2D eigenvalue weighted by Gasteiger charge is -2.24. The molecule has 0 spiro atoms. The smallest absolute Gasteiger partial charge is 0.250 e. The van der Waals surface area contributed by atoms with E-state index >= 15 is 0 Å². The summed E-state index contributed by atoms with van der Waals surface area (Å²) in [7, 11) is 0. The first kappa shape index (κ1) is 19.2. The third-order valence-electron chi connectivity index (χ3n) is 4.62. The number of amides is 1. The Morgan fingerprint density at radius 3 is 2.62 bits per heavy atom. The Hall–Kier alpha value is -3.12. The standard InChI is InChI=1S/C22H22ClN5O/c1-14(2)12-20(29)25-21-26-22-24-18(15-8-4-3-5-9-15)13-19(28(22)27-21)16-10-6-7-11-17(16)23/h3-11,13-14,19H,12H2,1-2H3,(H2,24,25,26,27,29)/t19-/m1/s1. The van der Waals surface area contributed by atoms with Gasteiger partial charge in [0.15, 0.2) is 0 Å². The number of carbonyl (C=O) groups is 1. The van der Waals surface area contributed by atoms with Gasteiger partial charge in [-0.3, -0.25) is 10.1 Å². The van der Waals surface area contributed by atoms with Crippen LogP contribution in [0.1, 0.15) is 37.4 Å². The number of halogens is 1. The predicted octanol–water partition coefficient (Wildman–Crippen LogP) is 4.97. The van der Waals surface area contributed by atoms with E-state index in [2.05, 4.69) is 26.8 Å². The molecule has 0 saturated carbocycles. The number of fused-ring (bicyclic) bond motifs is 1. The molecule has 0 bridgehead atoms. The van der Waals surface area contributed by atoms with Crippen LogP contribution in [0.5, 0.6) is 0 Å². The lowest BCUT2D eigenvalue weighted by Crippen LogP contribution is -2.20. The number of carbonyl (C=O) groups excluding carboxylic acids is 1. The molecule has 0 fully saturated rings. The number of allylic oxidation sites excluding steroid dienone is 1. The molecule has 0 aliphatic carbocycles. The van der Waals surface area contributed by atoms with Crippen molar-refractivity contribution >= 4 is 35.1 Å². The Morgan fingerprint density at radius 2 is 1.90 bits per heavy atom. The highest BCUT2D eigenvalue weighted by atomic mass is 35.5. The van der Waals surface area contributed by atoms with Crippen molar-refractivity contribution in [2.75, 3.05) is 10.6 Å². The van der Waals surface area contributed by atoms with Crippen LogP contribution in [-0.4, -0.2) is 20.7 Å². The quantitative estimate of drug-likeness (QED) is 0.626. The van der Waals surface area contributed by atoms with Gasteiger partial charge in [-0.25, -0.2) is 4.68 Å². The van der Waals surface area contributed by atoms with Gasteiger partial charge in [-0.1, -0.05) is 74.0 Å². The van der Waals surface area contributed by atoms with Gasteiger partial charge in [0.1, 0.15) is 6.04 Å². The van der Waals surface area contributed by atoms with Crippen LogP contribution in [0.2, 0.25) is 5.02 Å². The van der Waals surface area contributed by atoms with Crippen molar-refractivity contribution in [3.63, 3.8) is 0 Å². The average Bonchev–Trinajstić information content (AvgIpc) is 3.10. The number of hydrogen-bond acceptors (Lipinski definition) is 4. The number of nitrogens with one attached hydrogen (secondary N) is 2. The second-order valence-corrected chi connectivity index (χ2v) is 7.79. The van der Waals surface area contributed by atoms with Crippen LogP contribution in [0.4, 0.5) is 11.9 Å². The second-order valence-electron chi connectivity index (χ2n) is 7.39. The van der Waals surface area contributed by atoms with E-state index in [0.717, 1.165) is 16.8 Å². The van der Waals surface area contributed by atoms with Crippen molar-refractivity contribution in [2.24, 2.45) is 5.92 Å². The van der Waals surface area contributed by atoms with Crippen molar-refractivity contribution in [3.8, 4) is 0 Å². The van der Waals surface area contributed by atoms with Gasteiger partial charge < -0.3 is 5.32 Å². The number of anilines is 2. The van der Waals surface area contributed by atoms with E-state index < -0.39 is 0 Å². The van der Waals surface area contributed by atoms with Crippen molar-refractivity contribution in [2.45, 2.75) is 26.3 Å². The summed E-state index contributed by atoms with van der Waals surface area (Å²) < 4.78 is 1.75. The molecule has 148 valence electrons. The third kappa shape index (κ3) is 4.17. The summed E-state index contributed by atoms with van der Waals surface area (Å²) in [5.41, 5.74) is 2.86. The molecule has 1 aliphatic heterocycles. The van der Waals surface area contributed by atoms with E-state index in [9.17, 15) is 4.79 Å². The van der Waals surface area contributed by atoms with Crippen LogP contribution in [0, 0.1) is 5.92 Å². The highest BCUT2D eigenvalue weighted by molar-refractivity contribution is 6.31. The first-order valence-electron chi connectivity index (χ1n) is 9.56. The predicted molar refractivity (Wildman–Crippen MR) is 116 cm³/mol. The molecule has 3 aromatic rings. The minimum atomic E-state index is -0.251. The summed E-state index contributed by atoms with van der Waals surface area (Å²) in [5.74, 6) is 0.982. The van der Waals surface area contributed by atoms with E-state index in [1.807, 2.05) is 68.4 Å². The Kier molecular flexibility index (Phi) is 5.36. The number of aromatic nitrogens is 3. The molecule has 1 aliphatic rings. The van der Waals surface area contributed by atoms with Gasteiger partial charge in [-0.2, -0.15) is 4.98 Å². The molecule has 1 atom stereocenters. The van der Waals surface area contributed by atoms with Crippen molar-refractivity contribution in [3.05, 3.63) is 76.8 Å². The van der Waals surface area contributed by atoms with Crippen molar-refractivity contribution in [1.29, 1.82) is 0 Å². The lowest BCUT2D eigenvalue weighted by atomic mass is 10.0. The maximum atomic E-state index is 12.2. The second kappa shape index (κ2) is 8.09. The van der Waals surface area contributed by atoms with Crippen molar-refractivity contribution in [1.82, 2.24) is 14.8 Å². The zero-order valence-corrected chi connectivity index (χ0v) is 17.0. The highest BCUT2D eigenvalue weighted by Crippen LogP contribution is 2.35. The zero-order valence-electron chi connectivity index (χ0n) is 16.3. The van der Waals surface area contributed by atoms with E-state index in [1.54, 1.807) is 4.68 Å². The Morgan fingerprint density at radius 1 is 1.17 bits per heavy atom. The highest BCUT2D eigenvalue weighted by Gasteiger charge is 2.27. The molecule has 0 saturated heterocycles. The van der Waals surface area contributed by atoms with Crippen molar-refractivity contribution < 1.29 is 4.79 Å². The maximum absolute atomic E-state index is 12.2. The fourth-order valence-electron chi connectivity index (χ4n) is 3.32. The molecule has 1 amide bonds. The molecule has 2 heterocycles. The number of rotatable bonds is 5. The van der Waals surface area contributed by atoms with E-state index in [-0.39, 0.29) is 23.8 Å². The molecule has 1 aromatic heterocycles. The average molecular weight is 408 g/mol. The topological polar surface area (TPSA) is 71.8 Å². The Bertz CT molecular complexity index is 1060. The van der Waals surface area contributed by atoms with Gasteiger partial charge in [0.2, 0.25) is 11.9 Å². The minimum absolute atomic E-state index is 0.103. The normalized spacial score (nSPS) is 15.4. The zero-order chi connectivity index (χ0) is 20.4. The summed E-state index contributed by atoms with van der Waals surface area (Å²) in [5, 5.41) is 11.3. The van der Waals surface area contributed by atoms with Gasteiger partial charge in [0.05, 0.1) is 0 Å². The molecular formula is C22H22ClN5O. The van der Waals surface area contributed by atoms with Crippen LogP contribution in [-0.2, 0) is 4.79 Å². The molecule has 29 heavy (non-hydrogen) atoms. The molecule has 2 N–H and O–H groups in total. The van der Waals surface area contributed by atoms with Gasteiger partial charge >= 0.3 is 0 Å². The van der Waals surface area contributed by atoms with Gasteiger partial charge in [0.25, 0.3) is 5.95 Å². The SMILES string of the molecule is CC(C)CC(=O)Nc1nc2n(n1)[C@@H](c1ccccc1Cl)C=C(c1ccccc1)N2. The molecule has 4 rings (SSSR count). The Labute approximate surface area is 174 Å². The summed E-state index contributed by atoms with van der Waals surface area (Å²) in [6.45, 7) is 3.99. The number of hydrogen-bond donors (Lipinski definition) is 2. The van der Waals surface area contributed by atoms with Crippen LogP contribution in [0.3, 0.4) is 0 Å². The number of nitrogens with zero attached hydrogens (tertiary/aromatic N) is 3. The largest absolute Gasteiger partial charge is 0.324 e. The fraction of sp³-hybridized carbons (Fsp3) is 0.227. The molecule has 6 nitrogen and oxygen atoms in total. The third-order valence-corrected chi connectivity index (χ3v) is 4.96. The lowest BCUT2D eigenvalue weighted by molar-refractivity contribution is -0.116. The van der Waals surface area contributed by atoms with E-state index in [0.29, 0.717) is 17.4 Å². The summed E-state index contributed by atoms with van der Waals surface area (Å²) >= 11 is 6.49. The van der Waals surface area contributed by atoms with E-state index in [1.165, 1.54) is 0 Å². The molecule has 2 aromatic carbocycles. The summed E-state index contributed by atoms with van der Waals surface area (Å²) in [4.78, 5) is 16.7. The molecular weight excluding hydrogens is 386 g/mol. The van der Waals surface area contributed by atoms with Gasteiger partial charge in [-0.05, 0) is 29.2 Å². The van der Waals surface area contributed by atoms with Crippen LogP contribution in [0.25, 0.3) is 5.70 Å². The maximum Gasteiger partial charge on any atom is 0.250 e. The van der Waals surface area contributed by atoms with Crippen LogP contribution < -0.4 is 10.6 Å². The minimum Gasteiger partial charge on any atom is -0.324 e. The molecule has 0 radical (unpaired) electrons. The monoisotopic (exact) mass is 407 g/mol. The van der Waals surface area contributed by atoms with Crippen LogP contribution >= 0.6 is 11.6 Å². The molecule has 0 unspecified atom stereocenters. The summed E-state index contributed by atoms with van der Waals surface area (Å²) in [6, 6.07) is 17.4. The van der Waals surface area contributed by atoms with Gasteiger partial charge in [-0.15, -0.1) is 5.10 Å². The summed E-state index contributed by atoms with van der Waals surface area (Å²) in [6.07, 6.45) is 2.48. The van der Waals surface area contributed by atoms with Crippen LogP contribution in [0.15, 0.2) is 60.7 Å². The number of benzene rings is 2. The van der Waals surface area contributed by atoms with Gasteiger partial charge in [0, 0.05) is 17.1 Å². The first-order chi connectivity index (χ1) is 14.0. The Balaban J connectivity index is 1.73. The van der Waals surface area contributed by atoms with E-state index in [4.69, 9.17) is 11.6 Å². The molecule has 7 heteroatoms. The fourth-order valence-corrected chi connectivity index (χ4v) is 3.56.